The average Bonchev–Trinajstić information content (AvgIpc) is 3.04. The Kier molecular flexibility index (Phi) is 5.09. The van der Waals surface area contributed by atoms with Crippen LogP contribution in [0.4, 0.5) is 11.4 Å². The third-order valence-electron chi connectivity index (χ3n) is 5.62. The van der Waals surface area contributed by atoms with E-state index in [0.717, 1.165) is 53.3 Å². The van der Waals surface area contributed by atoms with Gasteiger partial charge >= 0.3 is 0 Å². The molecule has 1 fully saturated rings. The summed E-state index contributed by atoms with van der Waals surface area (Å²) in [6, 6.07) is 4.30. The minimum atomic E-state index is -0.210. The van der Waals surface area contributed by atoms with Gasteiger partial charge in [0.2, 0.25) is 0 Å². The molecule has 0 saturated heterocycles. The van der Waals surface area contributed by atoms with Gasteiger partial charge < -0.3 is 15.4 Å². The van der Waals surface area contributed by atoms with Gasteiger partial charge in [-0.05, 0) is 71.6 Å². The van der Waals surface area contributed by atoms with Gasteiger partial charge in [0.25, 0.3) is 0 Å². The van der Waals surface area contributed by atoms with E-state index in [0.29, 0.717) is 27.0 Å². The van der Waals surface area contributed by atoms with Crippen LogP contribution in [0.5, 0.6) is 0 Å². The summed E-state index contributed by atoms with van der Waals surface area (Å²) in [5.41, 5.74) is 10.8. The third-order valence-corrected chi connectivity index (χ3v) is 6.66. The van der Waals surface area contributed by atoms with E-state index in [1.54, 1.807) is 6.20 Å². The van der Waals surface area contributed by atoms with Gasteiger partial charge in [0.15, 0.2) is 5.69 Å². The van der Waals surface area contributed by atoms with Crippen LogP contribution in [-0.4, -0.2) is 20.8 Å². The predicted molar refractivity (Wildman–Crippen MR) is 117 cm³/mol. The molecule has 0 unspecified atom stereocenters. The lowest BCUT2D eigenvalue weighted by molar-refractivity contribution is 0.111. The maximum Gasteiger partial charge on any atom is 0.190 e. The molecule has 2 aromatic heterocycles. The molecule has 3 aromatic rings. The molecule has 28 heavy (non-hydrogen) atoms. The van der Waals surface area contributed by atoms with Crippen LogP contribution in [0.1, 0.15) is 37.3 Å². The summed E-state index contributed by atoms with van der Waals surface area (Å²) in [4.78, 5) is 7.99. The highest BCUT2D eigenvalue weighted by Crippen LogP contribution is 2.43. The molecule has 1 aromatic carbocycles. The van der Waals surface area contributed by atoms with Crippen LogP contribution in [0.3, 0.4) is 0 Å². The fourth-order valence-electron chi connectivity index (χ4n) is 4.03. The zero-order chi connectivity index (χ0) is 20.0. The van der Waals surface area contributed by atoms with Crippen LogP contribution in [0.25, 0.3) is 26.9 Å². The number of aliphatic hydroxyl groups is 1. The Hall–Kier alpha value is -2.07. The number of aliphatic hydroxyl groups excluding tert-OH is 1. The van der Waals surface area contributed by atoms with Crippen molar-refractivity contribution in [3.05, 3.63) is 51.1 Å². The molecular formula is C21H20BrClN4O. The van der Waals surface area contributed by atoms with E-state index >= 15 is 0 Å². The van der Waals surface area contributed by atoms with Crippen molar-refractivity contribution in [2.24, 2.45) is 0 Å². The molecule has 144 valence electrons. The fraction of sp³-hybridized carbons (Fsp3) is 0.333. The first kappa shape index (κ1) is 19.3. The van der Waals surface area contributed by atoms with E-state index in [2.05, 4.69) is 42.6 Å². The smallest absolute Gasteiger partial charge is 0.190 e. The molecule has 0 amide bonds. The summed E-state index contributed by atoms with van der Waals surface area (Å²) < 4.78 is 2.79. The van der Waals surface area contributed by atoms with Crippen LogP contribution < -0.4 is 5.73 Å². The number of aryl methyl sites for hydroxylation is 1. The molecule has 0 bridgehead atoms. The minimum absolute atomic E-state index is 0.210. The van der Waals surface area contributed by atoms with Gasteiger partial charge in [-0.1, -0.05) is 11.6 Å². The number of fused-ring (bicyclic) bond motifs is 1. The fourth-order valence-corrected chi connectivity index (χ4v) is 4.69. The second kappa shape index (κ2) is 7.40. The summed E-state index contributed by atoms with van der Waals surface area (Å²) in [5.74, 6) is 0. The zero-order valence-electron chi connectivity index (χ0n) is 15.4. The van der Waals surface area contributed by atoms with Crippen LogP contribution in [0, 0.1) is 13.5 Å². The van der Waals surface area contributed by atoms with Crippen molar-refractivity contribution in [1.29, 1.82) is 0 Å². The Bertz CT molecular complexity index is 1110. The minimum Gasteiger partial charge on any atom is -0.395 e. The Labute approximate surface area is 177 Å². The number of nitrogen functional groups attached to an aromatic ring is 1. The van der Waals surface area contributed by atoms with E-state index in [9.17, 15) is 5.11 Å². The van der Waals surface area contributed by atoms with E-state index in [1.165, 1.54) is 0 Å². The number of aromatic nitrogens is 2. The number of hydrogen-bond donors (Lipinski definition) is 2. The van der Waals surface area contributed by atoms with Crippen molar-refractivity contribution in [3.63, 3.8) is 0 Å². The van der Waals surface area contributed by atoms with Crippen LogP contribution in [0.2, 0.25) is 5.02 Å². The molecule has 2 heterocycles. The molecule has 1 saturated carbocycles. The van der Waals surface area contributed by atoms with Crippen LogP contribution in [-0.2, 0) is 0 Å². The third kappa shape index (κ3) is 3.18. The van der Waals surface area contributed by atoms with Crippen LogP contribution in [0.15, 0.2) is 29.1 Å². The number of rotatable bonds is 2. The molecule has 7 heteroatoms. The first-order valence-corrected chi connectivity index (χ1v) is 10.4. The number of nitrogens with zero attached hydrogens (tertiary/aromatic N) is 3. The van der Waals surface area contributed by atoms with Crippen molar-refractivity contribution >= 4 is 49.8 Å². The highest BCUT2D eigenvalue weighted by Gasteiger charge is 2.24. The van der Waals surface area contributed by atoms with Crippen molar-refractivity contribution in [2.75, 3.05) is 5.73 Å². The standard InChI is InChI=1S/C21H20BrClN4O/c1-11-7-18-14(8-17(11)25-2)16(15-9-26-21(22)20(24)19(15)23)10-27(18)12-3-5-13(28)6-4-12/h7-10,12-13,28H,3-6,24H2,1H3. The normalized spacial score (nSPS) is 19.7. The van der Waals surface area contributed by atoms with Crippen molar-refractivity contribution < 1.29 is 5.11 Å². The number of benzene rings is 1. The highest BCUT2D eigenvalue weighted by molar-refractivity contribution is 9.10. The lowest BCUT2D eigenvalue weighted by atomic mass is 9.93. The quantitative estimate of drug-likeness (QED) is 0.363. The molecule has 1 aliphatic carbocycles. The molecule has 1 aliphatic rings. The molecule has 3 N–H and O–H groups in total. The Morgan fingerprint density at radius 1 is 1.29 bits per heavy atom. The summed E-state index contributed by atoms with van der Waals surface area (Å²) in [6.45, 7) is 9.45. The first-order valence-electron chi connectivity index (χ1n) is 9.21. The molecule has 0 spiro atoms. The summed E-state index contributed by atoms with van der Waals surface area (Å²) in [6.07, 6.45) is 7.03. The van der Waals surface area contributed by atoms with Crippen molar-refractivity contribution in [1.82, 2.24) is 9.55 Å². The maximum absolute atomic E-state index is 9.89. The van der Waals surface area contributed by atoms with E-state index < -0.39 is 0 Å². The zero-order valence-corrected chi connectivity index (χ0v) is 17.8. The largest absolute Gasteiger partial charge is 0.395 e. The molecule has 0 aliphatic heterocycles. The summed E-state index contributed by atoms with van der Waals surface area (Å²) in [7, 11) is 0. The van der Waals surface area contributed by atoms with Gasteiger partial charge in [0.05, 0.1) is 23.4 Å². The molecular weight excluding hydrogens is 440 g/mol. The summed E-state index contributed by atoms with van der Waals surface area (Å²) >= 11 is 9.87. The van der Waals surface area contributed by atoms with E-state index in [-0.39, 0.29) is 6.10 Å². The lowest BCUT2D eigenvalue weighted by Gasteiger charge is -2.27. The monoisotopic (exact) mass is 458 g/mol. The average molecular weight is 460 g/mol. The summed E-state index contributed by atoms with van der Waals surface area (Å²) in [5, 5.41) is 11.3. The SMILES string of the molecule is [C-]#[N+]c1cc2c(-c3cnc(Br)c(N)c3Cl)cn(C3CCC(O)CC3)c2cc1C. The van der Waals surface area contributed by atoms with Crippen molar-refractivity contribution in [3.8, 4) is 11.1 Å². The van der Waals surface area contributed by atoms with E-state index in [4.69, 9.17) is 23.9 Å². The second-order valence-electron chi connectivity index (χ2n) is 7.37. The predicted octanol–water partition coefficient (Wildman–Crippen LogP) is 6.04. The number of anilines is 1. The first-order chi connectivity index (χ1) is 13.4. The number of halogens is 2. The van der Waals surface area contributed by atoms with Crippen molar-refractivity contribution in [2.45, 2.75) is 44.8 Å². The Balaban J connectivity index is 1.96. The Morgan fingerprint density at radius 2 is 2.00 bits per heavy atom. The second-order valence-corrected chi connectivity index (χ2v) is 8.50. The van der Waals surface area contributed by atoms with Crippen LogP contribution >= 0.6 is 27.5 Å². The van der Waals surface area contributed by atoms with Gasteiger partial charge in [0, 0.05) is 35.1 Å². The number of nitrogens with two attached hydrogens (primary N) is 1. The maximum atomic E-state index is 9.89. The van der Waals surface area contributed by atoms with Gasteiger partial charge in [-0.15, -0.1) is 0 Å². The molecule has 4 rings (SSSR count). The van der Waals surface area contributed by atoms with E-state index in [1.807, 2.05) is 13.0 Å². The topological polar surface area (TPSA) is 68.4 Å². The molecule has 0 radical (unpaired) electrons. The number of pyridine rings is 1. The highest BCUT2D eigenvalue weighted by atomic mass is 79.9. The molecule has 5 nitrogen and oxygen atoms in total. The lowest BCUT2D eigenvalue weighted by Crippen LogP contribution is -2.20. The van der Waals surface area contributed by atoms with Gasteiger partial charge in [-0.25, -0.2) is 9.83 Å². The number of hydrogen-bond acceptors (Lipinski definition) is 3. The Morgan fingerprint density at radius 3 is 2.68 bits per heavy atom. The van der Waals surface area contributed by atoms with Gasteiger partial charge in [-0.3, -0.25) is 0 Å². The van der Waals surface area contributed by atoms with Gasteiger partial charge in [0.1, 0.15) is 4.60 Å². The van der Waals surface area contributed by atoms with Gasteiger partial charge in [-0.2, -0.15) is 0 Å². The molecule has 0 atom stereocenters.